The summed E-state index contributed by atoms with van der Waals surface area (Å²) in [6.07, 6.45) is 5.02. The highest BCUT2D eigenvalue weighted by Crippen LogP contribution is 2.47. The Morgan fingerprint density at radius 1 is 0.943 bits per heavy atom. The number of nitrogens with one attached hydrogen (secondary N) is 1. The molecule has 3 fully saturated rings. The van der Waals surface area contributed by atoms with Gasteiger partial charge in [-0.3, -0.25) is 4.79 Å². The van der Waals surface area contributed by atoms with Gasteiger partial charge < -0.3 is 19.5 Å². The molecule has 3 aliphatic heterocycles. The van der Waals surface area contributed by atoms with Gasteiger partial charge in [-0.2, -0.15) is 0 Å². The number of fused-ring (bicyclic) bond motifs is 2. The molecule has 5 heterocycles. The number of ether oxygens (including phenoxy) is 1. The van der Waals surface area contributed by atoms with Crippen LogP contribution >= 0.6 is 0 Å². The summed E-state index contributed by atoms with van der Waals surface area (Å²) in [6, 6.07) is 22.6. The second kappa shape index (κ2) is 7.92. The van der Waals surface area contributed by atoms with Crippen LogP contribution in [0.4, 0.5) is 5.82 Å². The minimum atomic E-state index is -0.692. The Labute approximate surface area is 203 Å². The number of aromatic amines is 1. The lowest BCUT2D eigenvalue weighted by molar-refractivity contribution is -0.140. The number of para-hydroxylation sites is 2. The summed E-state index contributed by atoms with van der Waals surface area (Å²) in [6.45, 7) is 1.50. The van der Waals surface area contributed by atoms with Crippen LogP contribution in [0.25, 0.3) is 22.4 Å². The Morgan fingerprint density at radius 2 is 1.74 bits per heavy atom. The number of hydrogen-bond donors (Lipinski definition) is 1. The minimum absolute atomic E-state index is 0.0968. The van der Waals surface area contributed by atoms with Gasteiger partial charge in [0.1, 0.15) is 17.9 Å². The Bertz CT molecular complexity index is 1340. The monoisotopic (exact) mass is 465 g/mol. The van der Waals surface area contributed by atoms with Crippen molar-refractivity contribution in [1.29, 1.82) is 0 Å². The first-order chi connectivity index (χ1) is 17.2. The Hall–Kier alpha value is -3.71. The molecule has 0 aliphatic carbocycles. The number of carbonyl (C=O) groups excluding carboxylic acids is 1. The minimum Gasteiger partial charge on any atom is -0.356 e. The summed E-state index contributed by atoms with van der Waals surface area (Å²) in [5, 5.41) is 0. The summed E-state index contributed by atoms with van der Waals surface area (Å²) in [5.74, 6) is 1.91. The highest BCUT2D eigenvalue weighted by Gasteiger charge is 2.57. The number of carbonyl (C=O) groups is 1. The third kappa shape index (κ3) is 3.33. The number of amides is 1. The van der Waals surface area contributed by atoms with Crippen molar-refractivity contribution >= 4 is 22.8 Å². The zero-order valence-electron chi connectivity index (χ0n) is 19.4. The summed E-state index contributed by atoms with van der Waals surface area (Å²) in [7, 11) is 0. The lowest BCUT2D eigenvalue weighted by Crippen LogP contribution is -2.50. The first-order valence-electron chi connectivity index (χ1n) is 12.4. The van der Waals surface area contributed by atoms with Crippen molar-refractivity contribution in [3.8, 4) is 11.4 Å². The fraction of sp³-hybridized carbons (Fsp3) is 0.321. The van der Waals surface area contributed by atoms with Crippen LogP contribution in [0, 0.1) is 0 Å². The molecule has 7 nitrogen and oxygen atoms in total. The van der Waals surface area contributed by atoms with Gasteiger partial charge in [-0.25, -0.2) is 9.97 Å². The van der Waals surface area contributed by atoms with Crippen molar-refractivity contribution in [3.63, 3.8) is 0 Å². The number of aromatic nitrogens is 3. The molecule has 1 amide bonds. The topological polar surface area (TPSA) is 74.3 Å². The molecule has 1 N–H and O–H groups in total. The Balaban J connectivity index is 1.05. The van der Waals surface area contributed by atoms with Gasteiger partial charge in [-0.05, 0) is 42.7 Å². The van der Waals surface area contributed by atoms with Crippen LogP contribution in [0.1, 0.15) is 37.3 Å². The van der Waals surface area contributed by atoms with Crippen molar-refractivity contribution in [2.75, 3.05) is 18.0 Å². The third-order valence-electron chi connectivity index (χ3n) is 7.81. The number of rotatable bonds is 3. The summed E-state index contributed by atoms with van der Waals surface area (Å²) in [5.41, 5.74) is 3.44. The number of hydrogen-bond acceptors (Lipinski definition) is 5. The van der Waals surface area contributed by atoms with Crippen molar-refractivity contribution in [2.24, 2.45) is 0 Å². The molecule has 3 saturated heterocycles. The van der Waals surface area contributed by atoms with E-state index >= 15 is 0 Å². The van der Waals surface area contributed by atoms with E-state index in [-0.39, 0.29) is 18.2 Å². The first-order valence-corrected chi connectivity index (χ1v) is 12.4. The van der Waals surface area contributed by atoms with E-state index in [2.05, 4.69) is 33.1 Å². The van der Waals surface area contributed by atoms with E-state index in [0.29, 0.717) is 12.8 Å². The highest BCUT2D eigenvalue weighted by molar-refractivity contribution is 5.88. The lowest BCUT2D eigenvalue weighted by atomic mass is 9.89. The maximum Gasteiger partial charge on any atom is 0.257 e. The molecule has 2 aromatic carbocycles. The van der Waals surface area contributed by atoms with Crippen molar-refractivity contribution in [1.82, 2.24) is 19.9 Å². The zero-order chi connectivity index (χ0) is 23.4. The predicted molar refractivity (Wildman–Crippen MR) is 134 cm³/mol. The molecule has 1 spiro atoms. The summed E-state index contributed by atoms with van der Waals surface area (Å²) in [4.78, 5) is 30.6. The van der Waals surface area contributed by atoms with E-state index in [1.165, 1.54) is 5.56 Å². The number of nitrogens with zero attached hydrogens (tertiary/aromatic N) is 4. The molecule has 2 atom stereocenters. The van der Waals surface area contributed by atoms with E-state index < -0.39 is 5.60 Å². The molecule has 0 radical (unpaired) electrons. The van der Waals surface area contributed by atoms with Gasteiger partial charge in [0.05, 0.1) is 17.1 Å². The van der Waals surface area contributed by atoms with E-state index in [1.807, 2.05) is 59.6 Å². The van der Waals surface area contributed by atoms with Crippen LogP contribution < -0.4 is 4.90 Å². The fourth-order valence-corrected chi connectivity index (χ4v) is 5.95. The quantitative estimate of drug-likeness (QED) is 0.475. The molecule has 7 rings (SSSR count). The average Bonchev–Trinajstić information content (AvgIpc) is 3.59. The third-order valence-corrected chi connectivity index (χ3v) is 7.81. The SMILES string of the molecule is O=C1N2[C@@H](CC[C@H]2c2ccccc2)OC12CCN(c1ccc(-c3nc4ccccc4[nH]3)cn1)CC2. The van der Waals surface area contributed by atoms with Gasteiger partial charge in [-0.15, -0.1) is 0 Å². The fourth-order valence-electron chi connectivity index (χ4n) is 5.95. The maximum atomic E-state index is 13.6. The normalized spacial score (nSPS) is 23.4. The van der Waals surface area contributed by atoms with E-state index in [1.54, 1.807) is 0 Å². The number of pyridine rings is 1. The molecule has 4 aromatic rings. The summed E-state index contributed by atoms with van der Waals surface area (Å²) < 4.78 is 6.48. The number of piperidine rings is 1. The van der Waals surface area contributed by atoms with Crippen LogP contribution in [0.3, 0.4) is 0 Å². The molecule has 0 unspecified atom stereocenters. The Morgan fingerprint density at radius 3 is 2.51 bits per heavy atom. The molecule has 176 valence electrons. The van der Waals surface area contributed by atoms with E-state index in [0.717, 1.165) is 54.2 Å². The van der Waals surface area contributed by atoms with Crippen molar-refractivity contribution in [2.45, 2.75) is 43.6 Å². The summed E-state index contributed by atoms with van der Waals surface area (Å²) >= 11 is 0. The van der Waals surface area contributed by atoms with Gasteiger partial charge in [0, 0.05) is 37.7 Å². The number of H-pyrrole nitrogens is 1. The average molecular weight is 466 g/mol. The highest BCUT2D eigenvalue weighted by atomic mass is 16.6. The van der Waals surface area contributed by atoms with Crippen molar-refractivity contribution < 1.29 is 9.53 Å². The zero-order valence-corrected chi connectivity index (χ0v) is 19.4. The second-order valence-electron chi connectivity index (χ2n) is 9.78. The molecule has 0 bridgehead atoms. The van der Waals surface area contributed by atoms with Gasteiger partial charge in [-0.1, -0.05) is 42.5 Å². The van der Waals surface area contributed by atoms with Crippen LogP contribution in [-0.4, -0.2) is 50.7 Å². The predicted octanol–water partition coefficient (Wildman–Crippen LogP) is 4.68. The molecule has 0 saturated carbocycles. The number of anilines is 1. The van der Waals surface area contributed by atoms with Gasteiger partial charge >= 0.3 is 0 Å². The molecule has 2 aromatic heterocycles. The largest absolute Gasteiger partial charge is 0.356 e. The molecule has 7 heteroatoms. The lowest BCUT2D eigenvalue weighted by Gasteiger charge is -2.38. The van der Waals surface area contributed by atoms with Crippen molar-refractivity contribution in [3.05, 3.63) is 78.5 Å². The van der Waals surface area contributed by atoms with Gasteiger partial charge in [0.25, 0.3) is 5.91 Å². The number of benzene rings is 2. The van der Waals surface area contributed by atoms with E-state index in [9.17, 15) is 4.79 Å². The van der Waals surface area contributed by atoms with Crippen LogP contribution in [-0.2, 0) is 9.53 Å². The molecular formula is C28H27N5O2. The first kappa shape index (κ1) is 20.6. The van der Waals surface area contributed by atoms with Crippen LogP contribution in [0.2, 0.25) is 0 Å². The standard InChI is InChI=1S/C28H27N5O2/c34-27-28(35-25-13-11-23(33(25)27)19-6-2-1-3-7-19)14-16-32(17-15-28)24-12-10-20(18-29-24)26-30-21-8-4-5-9-22(21)31-26/h1-10,12,18,23,25H,11,13-17H2,(H,30,31)/t23-,25+/m0/s1. The Kier molecular flexibility index (Phi) is 4.67. The van der Waals surface area contributed by atoms with E-state index in [4.69, 9.17) is 9.72 Å². The second-order valence-corrected chi connectivity index (χ2v) is 9.78. The smallest absolute Gasteiger partial charge is 0.257 e. The number of imidazole rings is 1. The van der Waals surface area contributed by atoms with Gasteiger partial charge in [0.2, 0.25) is 0 Å². The van der Waals surface area contributed by atoms with Crippen LogP contribution in [0.15, 0.2) is 72.9 Å². The molecular weight excluding hydrogens is 438 g/mol. The van der Waals surface area contributed by atoms with Gasteiger partial charge in [0.15, 0.2) is 5.60 Å². The molecule has 35 heavy (non-hydrogen) atoms. The maximum absolute atomic E-state index is 13.6. The molecule has 3 aliphatic rings. The van der Waals surface area contributed by atoms with Crippen LogP contribution in [0.5, 0.6) is 0 Å².